The molecule has 19 heavy (non-hydrogen) atoms. The molecule has 2 nitrogen and oxygen atoms in total. The predicted molar refractivity (Wildman–Crippen MR) is 80.4 cm³/mol. The highest BCUT2D eigenvalue weighted by Gasteiger charge is 2.34. The second-order valence-electron chi connectivity index (χ2n) is 6.13. The third-order valence-corrected chi connectivity index (χ3v) is 4.20. The zero-order valence-corrected chi connectivity index (χ0v) is 12.5. The van der Waals surface area contributed by atoms with E-state index >= 15 is 0 Å². The van der Waals surface area contributed by atoms with E-state index in [-0.39, 0.29) is 0 Å². The minimum absolute atomic E-state index is 0.333. The van der Waals surface area contributed by atoms with Crippen LogP contribution < -0.4 is 5.32 Å². The first-order chi connectivity index (χ1) is 9.15. The number of ether oxygens (including phenoxy) is 1. The fraction of sp³-hybridized carbons (Fsp3) is 0.647. The van der Waals surface area contributed by atoms with Crippen molar-refractivity contribution in [3.05, 3.63) is 35.4 Å². The molecule has 1 N–H and O–H groups in total. The van der Waals surface area contributed by atoms with E-state index in [1.807, 2.05) is 6.92 Å². The zero-order chi connectivity index (χ0) is 13.7. The molecule has 0 aliphatic heterocycles. The maximum Gasteiger partial charge on any atom is 0.0477 e. The van der Waals surface area contributed by atoms with Crippen molar-refractivity contribution in [1.29, 1.82) is 0 Å². The number of benzene rings is 1. The van der Waals surface area contributed by atoms with Gasteiger partial charge in [0.05, 0.1) is 0 Å². The topological polar surface area (TPSA) is 21.3 Å². The molecule has 0 saturated carbocycles. The number of aryl methyl sites for hydroxylation is 1. The molecule has 1 unspecified atom stereocenters. The molecule has 1 aromatic rings. The van der Waals surface area contributed by atoms with Crippen molar-refractivity contribution >= 4 is 0 Å². The first kappa shape index (κ1) is 14.5. The molecule has 2 heteroatoms. The van der Waals surface area contributed by atoms with Crippen molar-refractivity contribution < 1.29 is 4.74 Å². The molecular formula is C17H27NO. The Morgan fingerprint density at radius 2 is 2.11 bits per heavy atom. The molecule has 0 amide bonds. The Morgan fingerprint density at radius 3 is 2.89 bits per heavy atom. The van der Waals surface area contributed by atoms with Crippen molar-refractivity contribution in [2.75, 3.05) is 19.8 Å². The monoisotopic (exact) mass is 261 g/mol. The van der Waals surface area contributed by atoms with Gasteiger partial charge < -0.3 is 10.1 Å². The molecule has 106 valence electrons. The molecular weight excluding hydrogens is 234 g/mol. The summed E-state index contributed by atoms with van der Waals surface area (Å²) in [6.07, 6.45) is 3.55. The van der Waals surface area contributed by atoms with E-state index in [1.54, 1.807) is 0 Å². The van der Waals surface area contributed by atoms with Gasteiger partial charge in [-0.05, 0) is 49.3 Å². The van der Waals surface area contributed by atoms with E-state index in [9.17, 15) is 0 Å². The van der Waals surface area contributed by atoms with Gasteiger partial charge in [-0.15, -0.1) is 0 Å². The van der Waals surface area contributed by atoms with Crippen molar-refractivity contribution in [2.45, 2.75) is 46.1 Å². The van der Waals surface area contributed by atoms with Gasteiger partial charge >= 0.3 is 0 Å². The highest BCUT2D eigenvalue weighted by molar-refractivity contribution is 5.34. The van der Waals surface area contributed by atoms with Crippen LogP contribution in [0.3, 0.4) is 0 Å². The Morgan fingerprint density at radius 1 is 1.32 bits per heavy atom. The smallest absolute Gasteiger partial charge is 0.0477 e. The molecule has 0 heterocycles. The van der Waals surface area contributed by atoms with Gasteiger partial charge in [-0.25, -0.2) is 0 Å². The van der Waals surface area contributed by atoms with Gasteiger partial charge in [0, 0.05) is 19.3 Å². The van der Waals surface area contributed by atoms with Gasteiger partial charge in [0.2, 0.25) is 0 Å². The lowest BCUT2D eigenvalue weighted by Gasteiger charge is -2.40. The summed E-state index contributed by atoms with van der Waals surface area (Å²) in [5, 5.41) is 3.75. The summed E-state index contributed by atoms with van der Waals surface area (Å²) in [5.74, 6) is 0. The molecule has 2 rings (SSSR count). The fourth-order valence-corrected chi connectivity index (χ4v) is 3.02. The third kappa shape index (κ3) is 3.58. The molecule has 1 aliphatic rings. The number of hydrogen-bond donors (Lipinski definition) is 1. The van der Waals surface area contributed by atoms with Crippen LogP contribution >= 0.6 is 0 Å². The van der Waals surface area contributed by atoms with Gasteiger partial charge in [-0.1, -0.05) is 38.1 Å². The van der Waals surface area contributed by atoms with Crippen LogP contribution in [0.2, 0.25) is 0 Å². The SMILES string of the molecule is CCOCCCNC1c2ccccc2CCC1(C)C. The van der Waals surface area contributed by atoms with Gasteiger partial charge in [-0.3, -0.25) is 0 Å². The average Bonchev–Trinajstić information content (AvgIpc) is 2.40. The summed E-state index contributed by atoms with van der Waals surface area (Å²) in [5.41, 5.74) is 3.35. The Bertz CT molecular complexity index is 400. The van der Waals surface area contributed by atoms with Crippen LogP contribution in [-0.4, -0.2) is 19.8 Å². The molecule has 0 bridgehead atoms. The maximum absolute atomic E-state index is 5.40. The molecule has 0 saturated heterocycles. The Balaban J connectivity index is 2.00. The summed E-state index contributed by atoms with van der Waals surface area (Å²) >= 11 is 0. The van der Waals surface area contributed by atoms with Crippen LogP contribution in [0.15, 0.2) is 24.3 Å². The standard InChI is InChI=1S/C17H27NO/c1-4-19-13-7-12-18-16-15-9-6-5-8-14(15)10-11-17(16,2)3/h5-6,8-9,16,18H,4,7,10-13H2,1-3H3. The molecule has 1 aliphatic carbocycles. The summed E-state index contributed by atoms with van der Waals surface area (Å²) in [6, 6.07) is 9.35. The lowest BCUT2D eigenvalue weighted by molar-refractivity contribution is 0.139. The largest absolute Gasteiger partial charge is 0.382 e. The van der Waals surface area contributed by atoms with Crippen LogP contribution in [0.25, 0.3) is 0 Å². The van der Waals surface area contributed by atoms with E-state index in [0.717, 1.165) is 26.2 Å². The number of rotatable bonds is 6. The van der Waals surface area contributed by atoms with Crippen LogP contribution in [0.5, 0.6) is 0 Å². The highest BCUT2D eigenvalue weighted by Crippen LogP contribution is 2.43. The molecule has 1 aromatic carbocycles. The quantitative estimate of drug-likeness (QED) is 0.788. The lowest BCUT2D eigenvalue weighted by Crippen LogP contribution is -2.38. The first-order valence-corrected chi connectivity index (χ1v) is 7.54. The van der Waals surface area contributed by atoms with Crippen molar-refractivity contribution in [1.82, 2.24) is 5.32 Å². The van der Waals surface area contributed by atoms with Gasteiger partial charge in [0.1, 0.15) is 0 Å². The van der Waals surface area contributed by atoms with E-state index in [0.29, 0.717) is 11.5 Å². The van der Waals surface area contributed by atoms with Crippen molar-refractivity contribution in [3.8, 4) is 0 Å². The first-order valence-electron chi connectivity index (χ1n) is 7.54. The predicted octanol–water partition coefficient (Wildman–Crippen LogP) is 3.72. The molecule has 0 radical (unpaired) electrons. The van der Waals surface area contributed by atoms with E-state index in [1.165, 1.54) is 24.0 Å². The second kappa shape index (κ2) is 6.53. The number of hydrogen-bond acceptors (Lipinski definition) is 2. The van der Waals surface area contributed by atoms with Gasteiger partial charge in [-0.2, -0.15) is 0 Å². The van der Waals surface area contributed by atoms with Crippen LogP contribution in [0.4, 0.5) is 0 Å². The minimum atomic E-state index is 0.333. The van der Waals surface area contributed by atoms with E-state index in [4.69, 9.17) is 4.74 Å². The summed E-state index contributed by atoms with van der Waals surface area (Å²) in [7, 11) is 0. The number of nitrogens with one attached hydrogen (secondary N) is 1. The zero-order valence-electron chi connectivity index (χ0n) is 12.5. The van der Waals surface area contributed by atoms with Crippen molar-refractivity contribution in [2.24, 2.45) is 5.41 Å². The molecule has 0 aromatic heterocycles. The van der Waals surface area contributed by atoms with E-state index in [2.05, 4.69) is 43.4 Å². The third-order valence-electron chi connectivity index (χ3n) is 4.20. The minimum Gasteiger partial charge on any atom is -0.382 e. The Hall–Kier alpha value is -0.860. The Labute approximate surface area is 117 Å². The van der Waals surface area contributed by atoms with Crippen LogP contribution in [-0.2, 0) is 11.2 Å². The lowest BCUT2D eigenvalue weighted by atomic mass is 9.70. The van der Waals surface area contributed by atoms with Crippen LogP contribution in [0, 0.1) is 5.41 Å². The average molecular weight is 261 g/mol. The maximum atomic E-state index is 5.40. The number of fused-ring (bicyclic) bond motifs is 1. The summed E-state index contributed by atoms with van der Waals surface area (Å²) in [6.45, 7) is 9.51. The highest BCUT2D eigenvalue weighted by atomic mass is 16.5. The van der Waals surface area contributed by atoms with Crippen molar-refractivity contribution in [3.63, 3.8) is 0 Å². The second-order valence-corrected chi connectivity index (χ2v) is 6.13. The van der Waals surface area contributed by atoms with Gasteiger partial charge in [0.25, 0.3) is 0 Å². The van der Waals surface area contributed by atoms with E-state index < -0.39 is 0 Å². The fourth-order valence-electron chi connectivity index (χ4n) is 3.02. The molecule has 1 atom stereocenters. The normalized spacial score (nSPS) is 21.1. The Kier molecular flexibility index (Phi) is 5.00. The molecule has 0 fully saturated rings. The summed E-state index contributed by atoms with van der Waals surface area (Å²) in [4.78, 5) is 0. The van der Waals surface area contributed by atoms with Gasteiger partial charge in [0.15, 0.2) is 0 Å². The van der Waals surface area contributed by atoms with Crippen LogP contribution in [0.1, 0.15) is 50.8 Å². The molecule has 0 spiro atoms. The summed E-state index contributed by atoms with van der Waals surface area (Å²) < 4.78 is 5.40.